The predicted molar refractivity (Wildman–Crippen MR) is 69.4 cm³/mol. The monoisotopic (exact) mass is 232 g/mol. The second kappa shape index (κ2) is 3.63. The lowest BCUT2D eigenvalue weighted by molar-refractivity contribution is 0.509. The minimum atomic E-state index is 0.840. The van der Waals surface area contributed by atoms with Gasteiger partial charge in [0.2, 0.25) is 0 Å². The molecule has 0 heterocycles. The van der Waals surface area contributed by atoms with Crippen molar-refractivity contribution in [2.24, 2.45) is 23.7 Å². The summed E-state index contributed by atoms with van der Waals surface area (Å²) in [6.45, 7) is 4.69. The first-order valence-corrected chi connectivity index (χ1v) is 6.51. The Bertz CT molecular complexity index is 445. The zero-order chi connectivity index (χ0) is 11.3. The van der Waals surface area contributed by atoms with Crippen molar-refractivity contribution in [3.63, 3.8) is 0 Å². The van der Waals surface area contributed by atoms with Gasteiger partial charge in [-0.1, -0.05) is 43.7 Å². The Morgan fingerprint density at radius 3 is 2.69 bits per heavy atom. The van der Waals surface area contributed by atoms with Crippen molar-refractivity contribution < 1.29 is 0 Å². The van der Waals surface area contributed by atoms with E-state index in [4.69, 9.17) is 11.6 Å². The van der Waals surface area contributed by atoms with E-state index in [-0.39, 0.29) is 0 Å². The molecule has 2 aliphatic carbocycles. The van der Waals surface area contributed by atoms with Crippen LogP contribution in [0.25, 0.3) is 5.57 Å². The highest BCUT2D eigenvalue weighted by Crippen LogP contribution is 2.60. The largest absolute Gasteiger partial charge is 0.0843 e. The summed E-state index contributed by atoms with van der Waals surface area (Å²) in [7, 11) is 0. The van der Waals surface area contributed by atoms with Crippen LogP contribution in [0.4, 0.5) is 0 Å². The minimum absolute atomic E-state index is 0.840. The van der Waals surface area contributed by atoms with Crippen LogP contribution in [0, 0.1) is 23.7 Å². The SMILES string of the molecule is CC(C)C1C2C=C(c3cccc(Cl)c3)CC21. The molecule has 3 rings (SSSR count). The number of halogens is 1. The fourth-order valence-corrected chi connectivity index (χ4v) is 3.52. The maximum atomic E-state index is 6.02. The third-order valence-corrected chi connectivity index (χ3v) is 4.34. The Hall–Kier alpha value is -0.750. The van der Waals surface area contributed by atoms with E-state index in [0.29, 0.717) is 0 Å². The third kappa shape index (κ3) is 1.60. The molecule has 84 valence electrons. The molecule has 0 saturated heterocycles. The van der Waals surface area contributed by atoms with Crippen molar-refractivity contribution in [1.29, 1.82) is 0 Å². The summed E-state index contributed by atoms with van der Waals surface area (Å²) < 4.78 is 0. The molecule has 0 radical (unpaired) electrons. The van der Waals surface area contributed by atoms with Gasteiger partial charge < -0.3 is 0 Å². The first-order chi connectivity index (χ1) is 7.66. The maximum absolute atomic E-state index is 6.02. The minimum Gasteiger partial charge on any atom is -0.0843 e. The van der Waals surface area contributed by atoms with E-state index in [1.54, 1.807) is 0 Å². The average Bonchev–Trinajstić information content (AvgIpc) is 2.75. The number of hydrogen-bond donors (Lipinski definition) is 0. The van der Waals surface area contributed by atoms with Crippen LogP contribution in [0.1, 0.15) is 25.8 Å². The summed E-state index contributed by atoms with van der Waals surface area (Å²) >= 11 is 6.02. The quantitative estimate of drug-likeness (QED) is 0.697. The van der Waals surface area contributed by atoms with Crippen molar-refractivity contribution in [1.82, 2.24) is 0 Å². The van der Waals surface area contributed by atoms with Crippen LogP contribution in [0.15, 0.2) is 30.3 Å². The Kier molecular flexibility index (Phi) is 2.36. The van der Waals surface area contributed by atoms with Gasteiger partial charge in [-0.25, -0.2) is 0 Å². The van der Waals surface area contributed by atoms with Crippen LogP contribution < -0.4 is 0 Å². The molecular formula is C15H17Cl. The van der Waals surface area contributed by atoms with Crippen molar-refractivity contribution in [2.75, 3.05) is 0 Å². The molecule has 0 spiro atoms. The second-order valence-corrected chi connectivity index (χ2v) is 5.91. The highest BCUT2D eigenvalue weighted by molar-refractivity contribution is 6.30. The van der Waals surface area contributed by atoms with Gasteiger partial charge in [0.15, 0.2) is 0 Å². The van der Waals surface area contributed by atoms with Gasteiger partial charge in [0.1, 0.15) is 0 Å². The highest BCUT2D eigenvalue weighted by atomic mass is 35.5. The molecule has 16 heavy (non-hydrogen) atoms. The zero-order valence-corrected chi connectivity index (χ0v) is 10.5. The molecule has 1 heteroatoms. The molecule has 1 aromatic carbocycles. The zero-order valence-electron chi connectivity index (χ0n) is 9.78. The lowest BCUT2D eigenvalue weighted by atomic mass is 9.97. The number of rotatable bonds is 2. The van der Waals surface area contributed by atoms with Crippen molar-refractivity contribution in [3.8, 4) is 0 Å². The number of hydrogen-bond acceptors (Lipinski definition) is 0. The Morgan fingerprint density at radius 2 is 2.12 bits per heavy atom. The molecule has 1 saturated carbocycles. The highest BCUT2D eigenvalue weighted by Gasteiger charge is 2.53. The molecular weight excluding hydrogens is 216 g/mol. The molecule has 0 N–H and O–H groups in total. The van der Waals surface area contributed by atoms with E-state index in [2.05, 4.69) is 32.1 Å². The topological polar surface area (TPSA) is 0 Å². The Labute approximate surface area is 102 Å². The van der Waals surface area contributed by atoms with Gasteiger partial charge in [0.25, 0.3) is 0 Å². The van der Waals surface area contributed by atoms with E-state index in [9.17, 15) is 0 Å². The van der Waals surface area contributed by atoms with Crippen molar-refractivity contribution in [2.45, 2.75) is 20.3 Å². The first kappa shape index (κ1) is 10.4. The van der Waals surface area contributed by atoms with Gasteiger partial charge in [0.05, 0.1) is 0 Å². The van der Waals surface area contributed by atoms with Gasteiger partial charge in [-0.3, -0.25) is 0 Å². The van der Waals surface area contributed by atoms with E-state index >= 15 is 0 Å². The lowest BCUT2D eigenvalue weighted by Crippen LogP contribution is -1.96. The summed E-state index contributed by atoms with van der Waals surface area (Å²) in [5.74, 6) is 3.57. The summed E-state index contributed by atoms with van der Waals surface area (Å²) in [5, 5.41) is 0.847. The maximum Gasteiger partial charge on any atom is 0.0412 e. The second-order valence-electron chi connectivity index (χ2n) is 5.47. The van der Waals surface area contributed by atoms with E-state index in [1.165, 1.54) is 17.6 Å². The molecule has 0 aliphatic heterocycles. The Morgan fingerprint density at radius 1 is 1.31 bits per heavy atom. The summed E-state index contributed by atoms with van der Waals surface area (Å²) in [5.41, 5.74) is 2.83. The standard InChI is InChI=1S/C15H17Cl/c1-9(2)15-13-7-11(8-14(13)15)10-4-3-5-12(16)6-10/h3-7,9,13-15H,8H2,1-2H3. The smallest absolute Gasteiger partial charge is 0.0412 e. The molecule has 0 amide bonds. The molecule has 1 fully saturated rings. The van der Waals surface area contributed by atoms with E-state index in [1.807, 2.05) is 12.1 Å². The van der Waals surface area contributed by atoms with Crippen LogP contribution in [0.5, 0.6) is 0 Å². The van der Waals surface area contributed by atoms with Gasteiger partial charge in [-0.15, -0.1) is 0 Å². The molecule has 2 aliphatic rings. The lowest BCUT2D eigenvalue weighted by Gasteiger charge is -2.09. The number of benzene rings is 1. The number of fused-ring (bicyclic) bond motifs is 1. The average molecular weight is 233 g/mol. The van der Waals surface area contributed by atoms with Crippen LogP contribution in [0.3, 0.4) is 0 Å². The van der Waals surface area contributed by atoms with Crippen molar-refractivity contribution >= 4 is 17.2 Å². The predicted octanol–water partition coefficient (Wildman–Crippen LogP) is 4.65. The first-order valence-electron chi connectivity index (χ1n) is 6.13. The van der Waals surface area contributed by atoms with Gasteiger partial charge >= 0.3 is 0 Å². The van der Waals surface area contributed by atoms with Gasteiger partial charge in [0, 0.05) is 5.02 Å². The molecule has 0 bridgehead atoms. The van der Waals surface area contributed by atoms with E-state index in [0.717, 1.165) is 28.7 Å². The van der Waals surface area contributed by atoms with Crippen molar-refractivity contribution in [3.05, 3.63) is 40.9 Å². The summed E-state index contributed by atoms with van der Waals surface area (Å²) in [6.07, 6.45) is 3.74. The van der Waals surface area contributed by atoms with Gasteiger partial charge in [-0.2, -0.15) is 0 Å². The Balaban J connectivity index is 1.81. The molecule has 0 nitrogen and oxygen atoms in total. The summed E-state index contributed by atoms with van der Waals surface area (Å²) in [6, 6.07) is 8.25. The molecule has 3 atom stereocenters. The number of allylic oxidation sites excluding steroid dienone is 2. The van der Waals surface area contributed by atoms with Crippen LogP contribution >= 0.6 is 11.6 Å². The van der Waals surface area contributed by atoms with Crippen LogP contribution in [-0.2, 0) is 0 Å². The normalized spacial score (nSPS) is 31.5. The van der Waals surface area contributed by atoms with Gasteiger partial charge in [-0.05, 0) is 53.4 Å². The molecule has 3 unspecified atom stereocenters. The molecule has 1 aromatic rings. The van der Waals surface area contributed by atoms with Crippen LogP contribution in [-0.4, -0.2) is 0 Å². The van der Waals surface area contributed by atoms with E-state index < -0.39 is 0 Å². The molecule has 0 aromatic heterocycles. The summed E-state index contributed by atoms with van der Waals surface area (Å²) in [4.78, 5) is 0. The third-order valence-electron chi connectivity index (χ3n) is 4.11. The van der Waals surface area contributed by atoms with Crippen LogP contribution in [0.2, 0.25) is 5.02 Å². The fraction of sp³-hybridized carbons (Fsp3) is 0.467. The fourth-order valence-electron chi connectivity index (χ4n) is 3.33.